The third kappa shape index (κ3) is 2.73. The number of halogens is 1. The Balaban J connectivity index is 2.80. The SMILES string of the molecule is CC(Cl)CC(C)(C)c1ccn(C)n1. The molecular weight excluding hydrogens is 184 g/mol. The molecule has 13 heavy (non-hydrogen) atoms. The molecular formula is C10H17ClN2. The third-order valence-electron chi connectivity index (χ3n) is 2.20. The molecule has 0 radical (unpaired) electrons. The molecule has 74 valence electrons. The average Bonchev–Trinajstić information content (AvgIpc) is 2.32. The molecule has 0 aliphatic carbocycles. The van der Waals surface area contributed by atoms with E-state index in [-0.39, 0.29) is 10.8 Å². The second-order valence-corrected chi connectivity index (χ2v) is 4.99. The lowest BCUT2D eigenvalue weighted by molar-refractivity contribution is 0.456. The Morgan fingerprint density at radius 3 is 2.62 bits per heavy atom. The van der Waals surface area contributed by atoms with Gasteiger partial charge in [0.2, 0.25) is 0 Å². The van der Waals surface area contributed by atoms with Gasteiger partial charge in [-0.05, 0) is 19.4 Å². The van der Waals surface area contributed by atoms with Crippen molar-refractivity contribution in [3.05, 3.63) is 18.0 Å². The van der Waals surface area contributed by atoms with Gasteiger partial charge in [0.25, 0.3) is 0 Å². The highest BCUT2D eigenvalue weighted by atomic mass is 35.5. The molecule has 0 bridgehead atoms. The quantitative estimate of drug-likeness (QED) is 0.687. The van der Waals surface area contributed by atoms with E-state index in [4.69, 9.17) is 11.6 Å². The molecule has 1 aromatic rings. The van der Waals surface area contributed by atoms with Crippen molar-refractivity contribution in [1.29, 1.82) is 0 Å². The van der Waals surface area contributed by atoms with Crippen molar-refractivity contribution in [2.75, 3.05) is 0 Å². The third-order valence-corrected chi connectivity index (χ3v) is 2.35. The van der Waals surface area contributed by atoms with Gasteiger partial charge in [-0.15, -0.1) is 11.6 Å². The van der Waals surface area contributed by atoms with E-state index in [1.807, 2.05) is 24.9 Å². The van der Waals surface area contributed by atoms with Crippen molar-refractivity contribution in [1.82, 2.24) is 9.78 Å². The minimum Gasteiger partial charge on any atom is -0.276 e. The lowest BCUT2D eigenvalue weighted by atomic mass is 9.85. The summed E-state index contributed by atoms with van der Waals surface area (Å²) in [5, 5.41) is 4.59. The highest BCUT2D eigenvalue weighted by Crippen LogP contribution is 2.28. The summed E-state index contributed by atoms with van der Waals surface area (Å²) in [6.45, 7) is 6.37. The zero-order valence-electron chi connectivity index (χ0n) is 8.71. The molecule has 0 spiro atoms. The number of hydrogen-bond donors (Lipinski definition) is 0. The van der Waals surface area contributed by atoms with Gasteiger partial charge in [0.15, 0.2) is 0 Å². The molecule has 0 N–H and O–H groups in total. The minimum absolute atomic E-state index is 0.0719. The molecule has 3 heteroatoms. The largest absolute Gasteiger partial charge is 0.276 e. The summed E-state index contributed by atoms with van der Waals surface area (Å²) in [6, 6.07) is 2.05. The Morgan fingerprint density at radius 2 is 2.23 bits per heavy atom. The van der Waals surface area contributed by atoms with Crippen LogP contribution in [0.25, 0.3) is 0 Å². The lowest BCUT2D eigenvalue weighted by Gasteiger charge is -2.23. The predicted molar refractivity (Wildman–Crippen MR) is 56.2 cm³/mol. The van der Waals surface area contributed by atoms with E-state index < -0.39 is 0 Å². The van der Waals surface area contributed by atoms with Gasteiger partial charge in [-0.25, -0.2) is 0 Å². The summed E-state index contributed by atoms with van der Waals surface area (Å²) in [5.41, 5.74) is 1.19. The van der Waals surface area contributed by atoms with Crippen LogP contribution in [0.3, 0.4) is 0 Å². The first kappa shape index (κ1) is 10.6. The summed E-state index contributed by atoms with van der Waals surface area (Å²) >= 11 is 5.98. The number of hydrogen-bond acceptors (Lipinski definition) is 1. The van der Waals surface area contributed by atoms with E-state index in [1.165, 1.54) is 0 Å². The normalized spacial score (nSPS) is 14.5. The number of nitrogens with zero attached hydrogens (tertiary/aromatic N) is 2. The van der Waals surface area contributed by atoms with Gasteiger partial charge in [-0.3, -0.25) is 4.68 Å². The molecule has 0 aliphatic heterocycles. The first-order valence-corrected chi connectivity index (χ1v) is 4.99. The van der Waals surface area contributed by atoms with Crippen LogP contribution < -0.4 is 0 Å². The Bertz CT molecular complexity index is 276. The van der Waals surface area contributed by atoms with E-state index >= 15 is 0 Å². The standard InChI is InChI=1S/C10H17ClN2/c1-8(11)7-10(2,3)9-5-6-13(4)12-9/h5-6,8H,7H2,1-4H3. The second-order valence-electron chi connectivity index (χ2n) is 4.24. The van der Waals surface area contributed by atoms with E-state index in [0.29, 0.717) is 0 Å². The van der Waals surface area contributed by atoms with E-state index in [9.17, 15) is 0 Å². The molecule has 0 saturated carbocycles. The van der Waals surface area contributed by atoms with Crippen LogP contribution in [0, 0.1) is 0 Å². The molecule has 0 saturated heterocycles. The van der Waals surface area contributed by atoms with Crippen LogP contribution in [0.15, 0.2) is 12.3 Å². The van der Waals surface area contributed by atoms with Gasteiger partial charge >= 0.3 is 0 Å². The molecule has 0 aliphatic rings. The first-order valence-electron chi connectivity index (χ1n) is 4.56. The molecule has 1 heterocycles. The van der Waals surface area contributed by atoms with Crippen molar-refractivity contribution in [2.24, 2.45) is 7.05 Å². The Labute approximate surface area is 84.9 Å². The number of alkyl halides is 1. The summed E-state index contributed by atoms with van der Waals surface area (Å²) < 4.78 is 1.83. The monoisotopic (exact) mass is 200 g/mol. The molecule has 1 unspecified atom stereocenters. The molecule has 0 amide bonds. The second kappa shape index (κ2) is 3.70. The van der Waals surface area contributed by atoms with Crippen LogP contribution in [0.2, 0.25) is 0 Å². The van der Waals surface area contributed by atoms with Crippen molar-refractivity contribution in [3.8, 4) is 0 Å². The van der Waals surface area contributed by atoms with Crippen LogP contribution in [0.1, 0.15) is 32.9 Å². The Kier molecular flexibility index (Phi) is 3.01. The number of aryl methyl sites for hydroxylation is 1. The predicted octanol–water partition coefficient (Wildman–Crippen LogP) is 2.72. The van der Waals surface area contributed by atoms with Crippen LogP contribution in [0.4, 0.5) is 0 Å². The number of aromatic nitrogens is 2. The van der Waals surface area contributed by atoms with Crippen molar-refractivity contribution in [3.63, 3.8) is 0 Å². The van der Waals surface area contributed by atoms with Crippen molar-refractivity contribution < 1.29 is 0 Å². The smallest absolute Gasteiger partial charge is 0.0681 e. The molecule has 1 atom stereocenters. The highest BCUT2D eigenvalue weighted by Gasteiger charge is 2.24. The van der Waals surface area contributed by atoms with Gasteiger partial charge in [0.05, 0.1) is 5.69 Å². The van der Waals surface area contributed by atoms with Crippen molar-refractivity contribution in [2.45, 2.75) is 38.0 Å². The Hall–Kier alpha value is -0.500. The summed E-state index contributed by atoms with van der Waals surface area (Å²) in [6.07, 6.45) is 2.92. The van der Waals surface area contributed by atoms with Gasteiger partial charge in [0, 0.05) is 24.0 Å². The van der Waals surface area contributed by atoms with Gasteiger partial charge in [-0.2, -0.15) is 5.10 Å². The first-order chi connectivity index (χ1) is 5.92. The fourth-order valence-corrected chi connectivity index (χ4v) is 1.97. The lowest BCUT2D eigenvalue weighted by Crippen LogP contribution is -2.21. The topological polar surface area (TPSA) is 17.8 Å². The van der Waals surface area contributed by atoms with Gasteiger partial charge in [0.1, 0.15) is 0 Å². The molecule has 0 aromatic carbocycles. The maximum atomic E-state index is 5.98. The van der Waals surface area contributed by atoms with Crippen LogP contribution in [-0.2, 0) is 12.5 Å². The van der Waals surface area contributed by atoms with Gasteiger partial charge < -0.3 is 0 Å². The summed E-state index contributed by atoms with van der Waals surface area (Å²) in [4.78, 5) is 0. The van der Waals surface area contributed by atoms with Gasteiger partial charge in [-0.1, -0.05) is 13.8 Å². The average molecular weight is 201 g/mol. The minimum atomic E-state index is 0.0719. The molecule has 2 nitrogen and oxygen atoms in total. The molecule has 1 rings (SSSR count). The fraction of sp³-hybridized carbons (Fsp3) is 0.700. The van der Waals surface area contributed by atoms with Crippen LogP contribution in [-0.4, -0.2) is 15.2 Å². The van der Waals surface area contributed by atoms with Crippen LogP contribution in [0.5, 0.6) is 0 Å². The van der Waals surface area contributed by atoms with E-state index in [2.05, 4.69) is 25.0 Å². The highest BCUT2D eigenvalue weighted by molar-refractivity contribution is 6.20. The van der Waals surface area contributed by atoms with Crippen LogP contribution >= 0.6 is 11.6 Å². The molecule has 1 aromatic heterocycles. The van der Waals surface area contributed by atoms with Crippen molar-refractivity contribution >= 4 is 11.6 Å². The zero-order valence-corrected chi connectivity index (χ0v) is 9.47. The van der Waals surface area contributed by atoms with E-state index in [0.717, 1.165) is 12.1 Å². The maximum absolute atomic E-state index is 5.98. The summed E-state index contributed by atoms with van der Waals surface area (Å²) in [7, 11) is 1.93. The Morgan fingerprint density at radius 1 is 1.62 bits per heavy atom. The van der Waals surface area contributed by atoms with E-state index in [1.54, 1.807) is 0 Å². The number of rotatable bonds is 3. The maximum Gasteiger partial charge on any atom is 0.0681 e. The zero-order chi connectivity index (χ0) is 10.1. The summed E-state index contributed by atoms with van der Waals surface area (Å²) in [5.74, 6) is 0. The fourth-order valence-electron chi connectivity index (χ4n) is 1.58. The molecule has 0 fully saturated rings.